The molecule has 2 aromatic rings. The number of thioether (sulfide) groups is 1. The second-order valence-corrected chi connectivity index (χ2v) is 7.88. The van der Waals surface area contributed by atoms with Crippen molar-refractivity contribution in [2.45, 2.75) is 37.4 Å². The van der Waals surface area contributed by atoms with Crippen molar-refractivity contribution in [2.24, 2.45) is 0 Å². The Hall–Kier alpha value is -1.81. The summed E-state index contributed by atoms with van der Waals surface area (Å²) in [5.74, 6) is 0.887. The zero-order chi connectivity index (χ0) is 16.4. The molecule has 0 saturated heterocycles. The first-order valence-electron chi connectivity index (χ1n) is 8.76. The lowest BCUT2D eigenvalue weighted by Gasteiger charge is -2.18. The number of hydrogen-bond donors (Lipinski definition) is 0. The van der Waals surface area contributed by atoms with Gasteiger partial charge < -0.3 is 4.90 Å². The van der Waals surface area contributed by atoms with Crippen LogP contribution in [-0.2, 0) is 11.2 Å². The second kappa shape index (κ2) is 6.98. The molecule has 1 aromatic carbocycles. The molecule has 0 bridgehead atoms. The predicted molar refractivity (Wildman–Crippen MR) is 100 cm³/mol. The molecule has 0 N–H and O–H groups in total. The maximum Gasteiger partial charge on any atom is 0.237 e. The minimum absolute atomic E-state index is 0.266. The van der Waals surface area contributed by atoms with Gasteiger partial charge in [-0.25, -0.2) is 0 Å². The molecule has 3 nitrogen and oxygen atoms in total. The van der Waals surface area contributed by atoms with Crippen LogP contribution in [0.3, 0.4) is 0 Å². The lowest BCUT2D eigenvalue weighted by molar-refractivity contribution is -0.116. The SMILES string of the molecule is O=C(CSC1CCCC1)N1CCc2cc(-c3ccncc3)ccc21. The Bertz CT molecular complexity index is 726. The first kappa shape index (κ1) is 15.7. The molecule has 24 heavy (non-hydrogen) atoms. The van der Waals surface area contributed by atoms with Gasteiger partial charge in [-0.1, -0.05) is 18.9 Å². The number of amides is 1. The lowest BCUT2D eigenvalue weighted by atomic mass is 10.0. The van der Waals surface area contributed by atoms with Crippen LogP contribution in [0.15, 0.2) is 42.7 Å². The maximum atomic E-state index is 12.6. The quantitative estimate of drug-likeness (QED) is 0.833. The molecule has 1 aliphatic heterocycles. The van der Waals surface area contributed by atoms with Gasteiger partial charge in [0.25, 0.3) is 0 Å². The van der Waals surface area contributed by atoms with Gasteiger partial charge in [-0.05, 0) is 60.2 Å². The number of nitrogens with zero attached hydrogens (tertiary/aromatic N) is 2. The molecule has 0 spiro atoms. The van der Waals surface area contributed by atoms with E-state index in [-0.39, 0.29) is 5.91 Å². The van der Waals surface area contributed by atoms with Crippen LogP contribution in [0.4, 0.5) is 5.69 Å². The molecular weight excluding hydrogens is 316 g/mol. The van der Waals surface area contributed by atoms with E-state index in [1.807, 2.05) is 41.2 Å². The molecule has 0 unspecified atom stereocenters. The largest absolute Gasteiger partial charge is 0.311 e. The fourth-order valence-corrected chi connectivity index (χ4v) is 4.91. The van der Waals surface area contributed by atoms with Gasteiger partial charge in [0.1, 0.15) is 0 Å². The highest BCUT2D eigenvalue weighted by molar-refractivity contribution is 8.00. The molecule has 1 aromatic heterocycles. The average Bonchev–Trinajstić information content (AvgIpc) is 3.29. The summed E-state index contributed by atoms with van der Waals surface area (Å²) in [5, 5.41) is 0.699. The van der Waals surface area contributed by atoms with Gasteiger partial charge >= 0.3 is 0 Å². The van der Waals surface area contributed by atoms with Crippen LogP contribution in [0.5, 0.6) is 0 Å². The van der Waals surface area contributed by atoms with Gasteiger partial charge in [0.2, 0.25) is 5.91 Å². The van der Waals surface area contributed by atoms with Crippen LogP contribution < -0.4 is 4.90 Å². The van der Waals surface area contributed by atoms with E-state index in [1.54, 1.807) is 0 Å². The molecule has 124 valence electrons. The zero-order valence-corrected chi connectivity index (χ0v) is 14.6. The van der Waals surface area contributed by atoms with E-state index < -0.39 is 0 Å². The summed E-state index contributed by atoms with van der Waals surface area (Å²) in [4.78, 5) is 18.7. The van der Waals surface area contributed by atoms with E-state index in [0.717, 1.165) is 18.7 Å². The fraction of sp³-hybridized carbons (Fsp3) is 0.400. The maximum absolute atomic E-state index is 12.6. The average molecular weight is 338 g/mol. The smallest absolute Gasteiger partial charge is 0.237 e. The molecule has 1 aliphatic carbocycles. The molecule has 4 heteroatoms. The normalized spacial score (nSPS) is 17.2. The number of aromatic nitrogens is 1. The number of rotatable bonds is 4. The van der Waals surface area contributed by atoms with Crippen LogP contribution in [-0.4, -0.2) is 28.4 Å². The number of pyridine rings is 1. The van der Waals surface area contributed by atoms with Crippen molar-refractivity contribution in [1.82, 2.24) is 4.98 Å². The molecule has 2 aliphatic rings. The first-order valence-corrected chi connectivity index (χ1v) is 9.81. The Morgan fingerprint density at radius 1 is 1.12 bits per heavy atom. The van der Waals surface area contributed by atoms with E-state index in [1.165, 1.54) is 42.4 Å². The van der Waals surface area contributed by atoms with Gasteiger partial charge in [0, 0.05) is 29.9 Å². The van der Waals surface area contributed by atoms with Gasteiger partial charge in [0.15, 0.2) is 0 Å². The number of carbonyl (C=O) groups is 1. The molecule has 2 heterocycles. The minimum Gasteiger partial charge on any atom is -0.311 e. The highest BCUT2D eigenvalue weighted by atomic mass is 32.2. The standard InChI is InChI=1S/C20H22N2OS/c23-20(14-24-18-3-1-2-4-18)22-12-9-17-13-16(5-6-19(17)22)15-7-10-21-11-8-15/h5-8,10-11,13,18H,1-4,9,12,14H2. The van der Waals surface area contributed by atoms with Crippen molar-refractivity contribution < 1.29 is 4.79 Å². The molecule has 0 radical (unpaired) electrons. The molecule has 1 fully saturated rings. The first-order chi connectivity index (χ1) is 11.8. The summed E-state index contributed by atoms with van der Waals surface area (Å²) in [6.45, 7) is 0.819. The van der Waals surface area contributed by atoms with Gasteiger partial charge in [-0.3, -0.25) is 9.78 Å². The van der Waals surface area contributed by atoms with Crippen molar-refractivity contribution in [1.29, 1.82) is 0 Å². The van der Waals surface area contributed by atoms with Crippen molar-refractivity contribution >= 4 is 23.4 Å². The second-order valence-electron chi connectivity index (χ2n) is 6.59. The van der Waals surface area contributed by atoms with Crippen LogP contribution >= 0.6 is 11.8 Å². The van der Waals surface area contributed by atoms with Crippen LogP contribution in [0, 0.1) is 0 Å². The van der Waals surface area contributed by atoms with E-state index in [2.05, 4.69) is 23.2 Å². The molecule has 1 amide bonds. The minimum atomic E-state index is 0.266. The summed E-state index contributed by atoms with van der Waals surface area (Å²) in [6, 6.07) is 10.5. The Balaban J connectivity index is 1.46. The van der Waals surface area contributed by atoms with Crippen molar-refractivity contribution in [3.05, 3.63) is 48.3 Å². The number of fused-ring (bicyclic) bond motifs is 1. The highest BCUT2D eigenvalue weighted by Crippen LogP contribution is 2.34. The topological polar surface area (TPSA) is 33.2 Å². The summed E-state index contributed by atoms with van der Waals surface area (Å²) in [5.41, 5.74) is 4.76. The van der Waals surface area contributed by atoms with E-state index in [9.17, 15) is 4.79 Å². The molecule has 1 saturated carbocycles. The van der Waals surface area contributed by atoms with Gasteiger partial charge in [-0.15, -0.1) is 11.8 Å². The van der Waals surface area contributed by atoms with Crippen LogP contribution in [0.1, 0.15) is 31.2 Å². The third-order valence-electron chi connectivity index (χ3n) is 5.03. The third kappa shape index (κ3) is 3.20. The van der Waals surface area contributed by atoms with Gasteiger partial charge in [-0.2, -0.15) is 0 Å². The highest BCUT2D eigenvalue weighted by Gasteiger charge is 2.26. The van der Waals surface area contributed by atoms with Crippen molar-refractivity contribution in [3.8, 4) is 11.1 Å². The molecular formula is C20H22N2OS. The number of hydrogen-bond acceptors (Lipinski definition) is 3. The van der Waals surface area contributed by atoms with Crippen LogP contribution in [0.25, 0.3) is 11.1 Å². The van der Waals surface area contributed by atoms with Crippen LogP contribution in [0.2, 0.25) is 0 Å². The predicted octanol–water partition coefficient (Wildman–Crippen LogP) is 4.31. The number of benzene rings is 1. The Morgan fingerprint density at radius 2 is 1.92 bits per heavy atom. The summed E-state index contributed by atoms with van der Waals surface area (Å²) >= 11 is 1.86. The number of anilines is 1. The fourth-order valence-electron chi connectivity index (χ4n) is 3.71. The van der Waals surface area contributed by atoms with Crippen molar-refractivity contribution in [3.63, 3.8) is 0 Å². The zero-order valence-electron chi connectivity index (χ0n) is 13.8. The Kier molecular flexibility index (Phi) is 4.56. The van der Waals surface area contributed by atoms with E-state index in [0.29, 0.717) is 11.0 Å². The summed E-state index contributed by atoms with van der Waals surface area (Å²) < 4.78 is 0. The Morgan fingerprint density at radius 3 is 2.71 bits per heavy atom. The Labute approximate surface area is 147 Å². The molecule has 0 atom stereocenters. The monoisotopic (exact) mass is 338 g/mol. The summed E-state index contributed by atoms with van der Waals surface area (Å²) in [7, 11) is 0. The molecule has 4 rings (SSSR count). The third-order valence-corrected chi connectivity index (χ3v) is 6.39. The van der Waals surface area contributed by atoms with Crippen molar-refractivity contribution in [2.75, 3.05) is 17.2 Å². The van der Waals surface area contributed by atoms with Gasteiger partial charge in [0.05, 0.1) is 5.75 Å². The van der Waals surface area contributed by atoms with E-state index in [4.69, 9.17) is 0 Å². The summed E-state index contributed by atoms with van der Waals surface area (Å²) in [6.07, 6.45) is 9.81. The van der Waals surface area contributed by atoms with E-state index >= 15 is 0 Å². The lowest BCUT2D eigenvalue weighted by Crippen LogP contribution is -2.31. The number of carbonyl (C=O) groups excluding carboxylic acids is 1.